The maximum atomic E-state index is 5.38. The molecule has 1 unspecified atom stereocenters. The molecule has 1 saturated heterocycles. The van der Waals surface area contributed by atoms with Crippen LogP contribution in [-0.2, 0) is 4.74 Å². The molecular formula is C16H24N2OS. The normalized spacial score (nSPS) is 23.5. The van der Waals surface area contributed by atoms with Crippen LogP contribution in [0.5, 0.6) is 0 Å². The maximum absolute atomic E-state index is 5.38. The average Bonchev–Trinajstić information content (AvgIpc) is 2.53. The minimum Gasteiger partial charge on any atom is -0.379 e. The lowest BCUT2D eigenvalue weighted by molar-refractivity contribution is 0.0374. The van der Waals surface area contributed by atoms with Crippen LogP contribution in [0.4, 0.5) is 0 Å². The van der Waals surface area contributed by atoms with Gasteiger partial charge in [0.05, 0.1) is 13.2 Å². The molecule has 0 aliphatic carbocycles. The Labute approximate surface area is 126 Å². The second-order valence-corrected chi connectivity index (χ2v) is 6.63. The van der Waals surface area contributed by atoms with Gasteiger partial charge in [-0.3, -0.25) is 4.90 Å². The Morgan fingerprint density at radius 3 is 3.00 bits per heavy atom. The first kappa shape index (κ1) is 14.4. The number of hydrogen-bond donors (Lipinski definition) is 1. The molecule has 110 valence electrons. The molecule has 20 heavy (non-hydrogen) atoms. The van der Waals surface area contributed by atoms with Crippen molar-refractivity contribution in [2.24, 2.45) is 0 Å². The van der Waals surface area contributed by atoms with E-state index in [1.54, 1.807) is 0 Å². The van der Waals surface area contributed by atoms with Gasteiger partial charge in [0.1, 0.15) is 0 Å². The molecule has 3 nitrogen and oxygen atoms in total. The molecule has 3 rings (SSSR count). The molecular weight excluding hydrogens is 268 g/mol. The van der Waals surface area contributed by atoms with Gasteiger partial charge in [-0.15, -0.1) is 11.8 Å². The van der Waals surface area contributed by atoms with Gasteiger partial charge >= 0.3 is 0 Å². The van der Waals surface area contributed by atoms with E-state index < -0.39 is 0 Å². The molecule has 2 aliphatic heterocycles. The number of benzene rings is 1. The zero-order chi connectivity index (χ0) is 13.6. The Morgan fingerprint density at radius 1 is 1.25 bits per heavy atom. The van der Waals surface area contributed by atoms with Crippen LogP contribution in [0.15, 0.2) is 29.2 Å². The summed E-state index contributed by atoms with van der Waals surface area (Å²) in [6.45, 7) is 6.31. The van der Waals surface area contributed by atoms with Crippen molar-refractivity contribution in [1.82, 2.24) is 10.2 Å². The molecule has 1 fully saturated rings. The molecule has 1 aromatic carbocycles. The zero-order valence-corrected chi connectivity index (χ0v) is 12.8. The summed E-state index contributed by atoms with van der Waals surface area (Å²) in [4.78, 5) is 3.97. The lowest BCUT2D eigenvalue weighted by atomic mass is 10.0. The predicted molar refractivity (Wildman–Crippen MR) is 84.4 cm³/mol. The van der Waals surface area contributed by atoms with E-state index in [2.05, 4.69) is 34.5 Å². The van der Waals surface area contributed by atoms with E-state index in [4.69, 9.17) is 4.74 Å². The predicted octanol–water partition coefficient (Wildman–Crippen LogP) is 2.54. The summed E-state index contributed by atoms with van der Waals surface area (Å²) in [5.41, 5.74) is 1.50. The number of rotatable bonds is 5. The fraction of sp³-hybridized carbons (Fsp3) is 0.625. The topological polar surface area (TPSA) is 24.5 Å². The van der Waals surface area contributed by atoms with Gasteiger partial charge in [-0.05, 0) is 43.3 Å². The molecule has 2 heterocycles. The van der Waals surface area contributed by atoms with Crippen LogP contribution < -0.4 is 5.32 Å². The highest BCUT2D eigenvalue weighted by molar-refractivity contribution is 7.99. The molecule has 4 heteroatoms. The van der Waals surface area contributed by atoms with Gasteiger partial charge in [0.15, 0.2) is 0 Å². The summed E-state index contributed by atoms with van der Waals surface area (Å²) in [6.07, 6.45) is 2.48. The Bertz CT molecular complexity index is 421. The molecule has 0 saturated carbocycles. The molecule has 1 aromatic rings. The van der Waals surface area contributed by atoms with Crippen LogP contribution in [-0.4, -0.2) is 50.0 Å². The lowest BCUT2D eigenvalue weighted by Crippen LogP contribution is -2.38. The first-order valence-corrected chi connectivity index (χ1v) is 8.67. The number of morpholine rings is 1. The van der Waals surface area contributed by atoms with Gasteiger partial charge in [0, 0.05) is 24.0 Å². The third kappa shape index (κ3) is 3.76. The molecule has 0 spiro atoms. The Kier molecular flexibility index (Phi) is 5.36. The number of thioether (sulfide) groups is 1. The molecule has 2 aliphatic rings. The van der Waals surface area contributed by atoms with Crippen LogP contribution in [0.2, 0.25) is 0 Å². The number of hydrogen-bond acceptors (Lipinski definition) is 4. The van der Waals surface area contributed by atoms with Gasteiger partial charge in [-0.25, -0.2) is 0 Å². The third-order valence-electron chi connectivity index (χ3n) is 4.10. The van der Waals surface area contributed by atoms with E-state index in [-0.39, 0.29) is 0 Å². The van der Waals surface area contributed by atoms with Crippen molar-refractivity contribution >= 4 is 11.8 Å². The number of ether oxygens (including phenoxy) is 1. The SMILES string of the molecule is c1ccc2c(c1)SCCC2NCCCN1CCOCC1. The van der Waals surface area contributed by atoms with Crippen molar-refractivity contribution in [3.63, 3.8) is 0 Å². The van der Waals surface area contributed by atoms with Gasteiger partial charge in [-0.2, -0.15) is 0 Å². The summed E-state index contributed by atoms with van der Waals surface area (Å²) in [5, 5.41) is 3.75. The number of fused-ring (bicyclic) bond motifs is 1. The molecule has 1 atom stereocenters. The Balaban J connectivity index is 1.43. The summed E-state index contributed by atoms with van der Waals surface area (Å²) >= 11 is 1.99. The second kappa shape index (κ2) is 7.46. The monoisotopic (exact) mass is 292 g/mol. The first-order valence-electron chi connectivity index (χ1n) is 7.69. The molecule has 1 N–H and O–H groups in total. The summed E-state index contributed by atoms with van der Waals surface area (Å²) < 4.78 is 5.38. The highest BCUT2D eigenvalue weighted by atomic mass is 32.2. The van der Waals surface area contributed by atoms with Crippen LogP contribution in [0.3, 0.4) is 0 Å². The van der Waals surface area contributed by atoms with Crippen molar-refractivity contribution in [3.05, 3.63) is 29.8 Å². The molecule has 0 radical (unpaired) electrons. The summed E-state index contributed by atoms with van der Waals surface area (Å²) in [6, 6.07) is 9.39. The standard InChI is InChI=1S/C16H24N2OS/c1-2-5-16-14(4-1)15(6-13-20-16)17-7-3-8-18-9-11-19-12-10-18/h1-2,4-5,15,17H,3,6-13H2. The van der Waals surface area contributed by atoms with Crippen molar-refractivity contribution in [3.8, 4) is 0 Å². The van der Waals surface area contributed by atoms with Crippen LogP contribution in [0.25, 0.3) is 0 Å². The van der Waals surface area contributed by atoms with E-state index in [0.29, 0.717) is 6.04 Å². The second-order valence-electron chi connectivity index (χ2n) is 5.49. The average molecular weight is 292 g/mol. The first-order chi connectivity index (χ1) is 9.93. The largest absolute Gasteiger partial charge is 0.379 e. The van der Waals surface area contributed by atoms with E-state index in [1.807, 2.05) is 11.8 Å². The molecule has 0 amide bonds. The summed E-state index contributed by atoms with van der Waals surface area (Å²) in [7, 11) is 0. The quantitative estimate of drug-likeness (QED) is 0.843. The fourth-order valence-electron chi connectivity index (χ4n) is 2.96. The van der Waals surface area contributed by atoms with Crippen molar-refractivity contribution in [1.29, 1.82) is 0 Å². The number of nitrogens with one attached hydrogen (secondary N) is 1. The van der Waals surface area contributed by atoms with Gasteiger partial charge < -0.3 is 10.1 Å². The van der Waals surface area contributed by atoms with Crippen molar-refractivity contribution < 1.29 is 4.74 Å². The maximum Gasteiger partial charge on any atom is 0.0594 e. The highest BCUT2D eigenvalue weighted by Crippen LogP contribution is 2.35. The van der Waals surface area contributed by atoms with E-state index in [1.165, 1.54) is 35.6 Å². The minimum atomic E-state index is 0.553. The lowest BCUT2D eigenvalue weighted by Gasteiger charge is -2.28. The van der Waals surface area contributed by atoms with Gasteiger partial charge in [0.2, 0.25) is 0 Å². The Hall–Kier alpha value is -0.550. The Morgan fingerprint density at radius 2 is 2.10 bits per heavy atom. The van der Waals surface area contributed by atoms with Crippen molar-refractivity contribution in [2.45, 2.75) is 23.8 Å². The summed E-state index contributed by atoms with van der Waals surface area (Å²) in [5.74, 6) is 1.23. The number of nitrogens with zero attached hydrogens (tertiary/aromatic N) is 1. The van der Waals surface area contributed by atoms with Crippen molar-refractivity contribution in [2.75, 3.05) is 45.1 Å². The van der Waals surface area contributed by atoms with Crippen LogP contribution >= 0.6 is 11.8 Å². The fourth-order valence-corrected chi connectivity index (χ4v) is 4.08. The van der Waals surface area contributed by atoms with Gasteiger partial charge in [0.25, 0.3) is 0 Å². The zero-order valence-electron chi connectivity index (χ0n) is 12.0. The minimum absolute atomic E-state index is 0.553. The smallest absolute Gasteiger partial charge is 0.0594 e. The highest BCUT2D eigenvalue weighted by Gasteiger charge is 2.19. The van der Waals surface area contributed by atoms with E-state index in [9.17, 15) is 0 Å². The van der Waals surface area contributed by atoms with Crippen LogP contribution in [0.1, 0.15) is 24.4 Å². The third-order valence-corrected chi connectivity index (χ3v) is 5.23. The van der Waals surface area contributed by atoms with Crippen LogP contribution in [0, 0.1) is 0 Å². The van der Waals surface area contributed by atoms with E-state index >= 15 is 0 Å². The molecule has 0 aromatic heterocycles. The van der Waals surface area contributed by atoms with Gasteiger partial charge in [-0.1, -0.05) is 18.2 Å². The molecule has 0 bridgehead atoms. The van der Waals surface area contributed by atoms with E-state index in [0.717, 1.165) is 32.8 Å².